The van der Waals surface area contributed by atoms with Gasteiger partial charge in [0.2, 0.25) is 0 Å². The largest absolute Gasteiger partial charge is 0.450 e. The Morgan fingerprint density at radius 3 is 2.33 bits per heavy atom. The van der Waals surface area contributed by atoms with Crippen molar-refractivity contribution in [2.24, 2.45) is 5.92 Å². The summed E-state index contributed by atoms with van der Waals surface area (Å²) in [4.78, 5) is 27.2. The zero-order chi connectivity index (χ0) is 25.5. The number of hydrogen-bond acceptors (Lipinski definition) is 4. The van der Waals surface area contributed by atoms with Crippen molar-refractivity contribution in [1.82, 2.24) is 4.90 Å². The molecule has 1 saturated heterocycles. The second kappa shape index (κ2) is 12.1. The van der Waals surface area contributed by atoms with Crippen LogP contribution in [0.3, 0.4) is 0 Å². The molecule has 5 rings (SSSR count). The van der Waals surface area contributed by atoms with E-state index < -0.39 is 0 Å². The summed E-state index contributed by atoms with van der Waals surface area (Å²) in [7, 11) is 0. The molecule has 0 atom stereocenters. The van der Waals surface area contributed by atoms with Crippen molar-refractivity contribution in [1.29, 1.82) is 0 Å². The molecule has 0 aliphatic carbocycles. The molecule has 2 heterocycles. The third-order valence-electron chi connectivity index (χ3n) is 6.51. The van der Waals surface area contributed by atoms with Gasteiger partial charge < -0.3 is 9.64 Å². The Labute approximate surface area is 218 Å². The molecule has 36 heavy (non-hydrogen) atoms. The highest BCUT2D eigenvalue weighted by molar-refractivity contribution is 7.99. The first-order valence-electron chi connectivity index (χ1n) is 12.6. The van der Waals surface area contributed by atoms with Crippen LogP contribution in [-0.2, 0) is 4.74 Å². The molecule has 0 unspecified atom stereocenters. The number of benzene rings is 3. The molecule has 0 aromatic heterocycles. The summed E-state index contributed by atoms with van der Waals surface area (Å²) in [5, 5.41) is 0. The third kappa shape index (κ3) is 6.27. The van der Waals surface area contributed by atoms with E-state index >= 15 is 0 Å². The summed E-state index contributed by atoms with van der Waals surface area (Å²) in [6.45, 7) is 7.87. The Morgan fingerprint density at radius 1 is 0.944 bits per heavy atom. The van der Waals surface area contributed by atoms with Gasteiger partial charge in [0.15, 0.2) is 5.78 Å². The minimum absolute atomic E-state index is 0.0965. The Morgan fingerprint density at radius 2 is 1.64 bits per heavy atom. The zero-order valence-electron chi connectivity index (χ0n) is 21.2. The molecule has 2 aliphatic rings. The molecule has 5 heteroatoms. The Kier molecular flexibility index (Phi) is 8.65. The zero-order valence-corrected chi connectivity index (χ0v) is 22.0. The lowest BCUT2D eigenvalue weighted by molar-refractivity contribution is 0.0933. The van der Waals surface area contributed by atoms with Crippen LogP contribution in [0.1, 0.15) is 60.7 Å². The molecule has 0 saturated carbocycles. The number of ether oxygens (including phenoxy) is 1. The van der Waals surface area contributed by atoms with Crippen LogP contribution in [0, 0.1) is 5.92 Å². The van der Waals surface area contributed by atoms with Crippen LogP contribution in [-0.4, -0.2) is 36.5 Å². The fourth-order valence-electron chi connectivity index (χ4n) is 4.37. The minimum atomic E-state index is -0.149. The Balaban J connectivity index is 0.000000214. The number of likely N-dealkylation sites (tertiary alicyclic amines) is 1. The van der Waals surface area contributed by atoms with Crippen LogP contribution in [0.2, 0.25) is 0 Å². The van der Waals surface area contributed by atoms with Crippen molar-refractivity contribution < 1.29 is 14.3 Å². The maximum Gasteiger partial charge on any atom is 0.409 e. The summed E-state index contributed by atoms with van der Waals surface area (Å²) in [6.07, 6.45) is 4.28. The molecule has 3 aromatic rings. The number of carbonyl (C=O) groups is 2. The number of ketones is 1. The van der Waals surface area contributed by atoms with Gasteiger partial charge in [-0.1, -0.05) is 73.3 Å². The molecule has 2 aliphatic heterocycles. The minimum Gasteiger partial charge on any atom is -0.450 e. The van der Waals surface area contributed by atoms with E-state index in [4.69, 9.17) is 4.74 Å². The van der Waals surface area contributed by atoms with Crippen molar-refractivity contribution in [3.8, 4) is 0 Å². The van der Waals surface area contributed by atoms with Gasteiger partial charge in [0.1, 0.15) is 0 Å². The summed E-state index contributed by atoms with van der Waals surface area (Å²) < 4.78 is 4.90. The standard InChI is InChI=1S/C22H16OS.C9H17NO2/c1-15(23)17-11-12-21-18(13-17)14-20(16-7-3-2-4-8-16)19-9-5-6-10-22(19)24-21;1-3-12-9(11)10-6-4-8(2)5-7-10/h2-14H,1H3;8H,3-7H2,1-2H3. The predicted octanol–water partition coefficient (Wildman–Crippen LogP) is 7.82. The van der Waals surface area contributed by atoms with Gasteiger partial charge >= 0.3 is 6.09 Å². The van der Waals surface area contributed by atoms with Gasteiger partial charge in [0, 0.05) is 28.4 Å². The molecule has 4 nitrogen and oxygen atoms in total. The average molecular weight is 500 g/mol. The van der Waals surface area contributed by atoms with Gasteiger partial charge in [0.25, 0.3) is 0 Å². The van der Waals surface area contributed by atoms with Crippen molar-refractivity contribution in [3.63, 3.8) is 0 Å². The van der Waals surface area contributed by atoms with Crippen LogP contribution >= 0.6 is 11.8 Å². The smallest absolute Gasteiger partial charge is 0.409 e. The molecule has 0 bridgehead atoms. The van der Waals surface area contributed by atoms with Gasteiger partial charge in [-0.25, -0.2) is 4.79 Å². The molecule has 1 amide bonds. The summed E-state index contributed by atoms with van der Waals surface area (Å²) in [5.74, 6) is 0.856. The molecule has 1 fully saturated rings. The van der Waals surface area contributed by atoms with E-state index in [-0.39, 0.29) is 11.9 Å². The van der Waals surface area contributed by atoms with Crippen LogP contribution in [0.15, 0.2) is 82.6 Å². The van der Waals surface area contributed by atoms with Gasteiger partial charge in [-0.05, 0) is 79.1 Å². The van der Waals surface area contributed by atoms with Crippen molar-refractivity contribution in [2.75, 3.05) is 19.7 Å². The van der Waals surface area contributed by atoms with Crippen molar-refractivity contribution in [2.45, 2.75) is 43.4 Å². The number of carbonyl (C=O) groups excluding carboxylic acids is 2. The number of hydrogen-bond donors (Lipinski definition) is 0. The first-order chi connectivity index (χ1) is 17.5. The van der Waals surface area contributed by atoms with Crippen LogP contribution < -0.4 is 0 Å². The number of piperidine rings is 1. The number of nitrogens with zero attached hydrogens (tertiary/aromatic N) is 1. The number of rotatable bonds is 3. The van der Waals surface area contributed by atoms with E-state index in [0.717, 1.165) is 43.0 Å². The third-order valence-corrected chi connectivity index (χ3v) is 7.68. The second-order valence-electron chi connectivity index (χ2n) is 9.20. The summed E-state index contributed by atoms with van der Waals surface area (Å²) in [5.41, 5.74) is 5.46. The predicted molar refractivity (Wildman–Crippen MR) is 147 cm³/mol. The lowest BCUT2D eigenvalue weighted by Crippen LogP contribution is -2.38. The van der Waals surface area contributed by atoms with Gasteiger partial charge in [-0.3, -0.25) is 4.79 Å². The van der Waals surface area contributed by atoms with Crippen LogP contribution in [0.5, 0.6) is 0 Å². The van der Waals surface area contributed by atoms with Gasteiger partial charge in [0.05, 0.1) is 6.61 Å². The highest BCUT2D eigenvalue weighted by atomic mass is 32.2. The maximum absolute atomic E-state index is 11.8. The van der Waals surface area contributed by atoms with Gasteiger partial charge in [-0.15, -0.1) is 0 Å². The first-order valence-corrected chi connectivity index (χ1v) is 13.4. The maximum atomic E-state index is 11.8. The van der Waals surface area contributed by atoms with E-state index in [0.29, 0.717) is 6.61 Å². The molecule has 3 aromatic carbocycles. The van der Waals surface area contributed by atoms with E-state index in [1.54, 1.807) is 23.6 Å². The first kappa shape index (κ1) is 25.8. The van der Waals surface area contributed by atoms with Crippen LogP contribution in [0.25, 0.3) is 11.6 Å². The molecule has 0 spiro atoms. The fourth-order valence-corrected chi connectivity index (χ4v) is 5.41. The highest BCUT2D eigenvalue weighted by Crippen LogP contribution is 2.42. The number of fused-ring (bicyclic) bond motifs is 2. The van der Waals surface area contributed by atoms with Crippen LogP contribution in [0.4, 0.5) is 4.79 Å². The van der Waals surface area contributed by atoms with E-state index in [2.05, 4.69) is 67.6 Å². The monoisotopic (exact) mass is 499 g/mol. The highest BCUT2D eigenvalue weighted by Gasteiger charge is 2.20. The van der Waals surface area contributed by atoms with Crippen molar-refractivity contribution >= 4 is 35.3 Å². The summed E-state index contributed by atoms with van der Waals surface area (Å²) in [6, 6.07) is 24.9. The van der Waals surface area contributed by atoms with E-state index in [1.165, 1.54) is 26.5 Å². The fraction of sp³-hybridized carbons (Fsp3) is 0.290. The lowest BCUT2D eigenvalue weighted by Gasteiger charge is -2.29. The van der Waals surface area contributed by atoms with E-state index in [1.807, 2.05) is 25.1 Å². The Bertz CT molecular complexity index is 1240. The topological polar surface area (TPSA) is 46.6 Å². The molecular formula is C31H33NO3S. The van der Waals surface area contributed by atoms with Gasteiger partial charge in [-0.2, -0.15) is 0 Å². The molecular weight excluding hydrogens is 466 g/mol. The Hall–Kier alpha value is -3.31. The second-order valence-corrected chi connectivity index (χ2v) is 10.3. The van der Waals surface area contributed by atoms with Crippen molar-refractivity contribution in [3.05, 3.63) is 95.1 Å². The average Bonchev–Trinajstić information content (AvgIpc) is 3.06. The quantitative estimate of drug-likeness (QED) is 0.270. The summed E-state index contributed by atoms with van der Waals surface area (Å²) >= 11 is 1.76. The SMILES string of the molecule is CC(=O)c1ccc2c(c1)C=C(c1ccccc1)c1ccccc1S2.CCOC(=O)N1CCC(C)CC1. The lowest BCUT2D eigenvalue weighted by atomic mass is 9.95. The normalized spacial score (nSPS) is 14.9. The van der Waals surface area contributed by atoms with E-state index in [9.17, 15) is 9.59 Å². The number of Topliss-reactive ketones (excluding diaryl/α,β-unsaturated/α-hetero) is 1. The molecule has 0 radical (unpaired) electrons. The molecule has 0 N–H and O–H groups in total. The molecule has 186 valence electrons. The number of amides is 1.